The van der Waals surface area contributed by atoms with Gasteiger partial charge < -0.3 is 4.81 Å². The molecule has 0 aromatic rings. The number of rotatable bonds is 0. The summed E-state index contributed by atoms with van der Waals surface area (Å²) in [6.45, 7) is 2.47. The second-order valence-electron chi connectivity index (χ2n) is 2.60. The predicted molar refractivity (Wildman–Crippen MR) is 36.2 cm³/mol. The Hall–Kier alpha value is -0.305. The van der Waals surface area contributed by atoms with Gasteiger partial charge >= 0.3 is 0 Å². The van der Waals surface area contributed by atoms with E-state index in [1.165, 1.54) is 0 Å². The van der Waals surface area contributed by atoms with Crippen LogP contribution in [0.1, 0.15) is 19.8 Å². The Bertz CT molecular complexity index is 126. The monoisotopic (exact) mass is 123 g/mol. The summed E-state index contributed by atoms with van der Waals surface area (Å²) in [5.74, 6) is 0.260. The highest BCUT2D eigenvalue weighted by Crippen LogP contribution is 2.10. The molecule has 1 saturated heterocycles. The number of nitrogens with zero attached hydrogens (tertiary/aromatic N) is 1. The van der Waals surface area contributed by atoms with Crippen molar-refractivity contribution in [1.29, 1.82) is 0 Å². The van der Waals surface area contributed by atoms with Crippen molar-refractivity contribution < 1.29 is 4.79 Å². The number of Topliss-reactive ketones (excluding diaryl/α,β-unsaturated/α-hetero) is 1. The second-order valence-corrected chi connectivity index (χ2v) is 2.60. The molecule has 0 aliphatic carbocycles. The van der Waals surface area contributed by atoms with Gasteiger partial charge in [0.1, 0.15) is 5.78 Å². The van der Waals surface area contributed by atoms with Gasteiger partial charge in [-0.05, 0) is 12.5 Å². The minimum absolute atomic E-state index is 0.260. The fourth-order valence-corrected chi connectivity index (χ4v) is 0.974. The zero-order chi connectivity index (χ0) is 6.85. The number of carbonyl (C=O) groups is 1. The van der Waals surface area contributed by atoms with E-state index in [1.807, 2.05) is 6.92 Å². The molecule has 1 rings (SSSR count). The van der Waals surface area contributed by atoms with Crippen molar-refractivity contribution in [2.75, 3.05) is 6.54 Å². The van der Waals surface area contributed by atoms with Gasteiger partial charge in [0, 0.05) is 13.0 Å². The van der Waals surface area contributed by atoms with Crippen LogP contribution >= 0.6 is 0 Å². The van der Waals surface area contributed by atoms with Crippen molar-refractivity contribution in [2.24, 2.45) is 0 Å². The van der Waals surface area contributed by atoms with Crippen LogP contribution in [0.2, 0.25) is 0 Å². The molecule has 3 heteroatoms. The van der Waals surface area contributed by atoms with Crippen molar-refractivity contribution in [3.63, 3.8) is 0 Å². The quantitative estimate of drug-likeness (QED) is 0.426. The zero-order valence-corrected chi connectivity index (χ0v) is 5.63. The third-order valence-electron chi connectivity index (χ3n) is 1.77. The molecule has 0 N–H and O–H groups in total. The summed E-state index contributed by atoms with van der Waals surface area (Å²) >= 11 is 0. The molecule has 1 unspecified atom stereocenters. The fraction of sp³-hybridized carbons (Fsp3) is 0.833. The van der Waals surface area contributed by atoms with Crippen molar-refractivity contribution in [1.82, 2.24) is 4.81 Å². The molecule has 1 aliphatic rings. The van der Waals surface area contributed by atoms with Gasteiger partial charge in [-0.3, -0.25) is 4.79 Å². The number of carbonyl (C=O) groups excluding carboxylic acids is 1. The lowest BCUT2D eigenvalue weighted by atomic mass is 9.99. The lowest BCUT2D eigenvalue weighted by molar-refractivity contribution is -0.121. The van der Waals surface area contributed by atoms with E-state index in [-0.39, 0.29) is 5.78 Å². The summed E-state index contributed by atoms with van der Waals surface area (Å²) in [5, 5.41) is 0. The first-order valence-corrected chi connectivity index (χ1v) is 3.23. The standard InChI is InChI=1S/C6H10BNO/c1-5-2-3-6(9)4-8(5)7/h5H,2-4H2,1H3. The lowest BCUT2D eigenvalue weighted by Gasteiger charge is -2.28. The lowest BCUT2D eigenvalue weighted by Crippen LogP contribution is -2.39. The molecule has 0 saturated carbocycles. The first-order valence-electron chi connectivity index (χ1n) is 3.23. The van der Waals surface area contributed by atoms with E-state index in [0.29, 0.717) is 19.0 Å². The van der Waals surface area contributed by atoms with Crippen LogP contribution in [0.5, 0.6) is 0 Å². The summed E-state index contributed by atoms with van der Waals surface area (Å²) in [4.78, 5) is 12.3. The molecule has 0 spiro atoms. The zero-order valence-electron chi connectivity index (χ0n) is 5.63. The van der Waals surface area contributed by atoms with Crippen LogP contribution < -0.4 is 0 Å². The highest BCUT2D eigenvalue weighted by atomic mass is 16.1. The van der Waals surface area contributed by atoms with Crippen molar-refractivity contribution in [3.05, 3.63) is 0 Å². The van der Waals surface area contributed by atoms with Crippen LogP contribution in [0.4, 0.5) is 0 Å². The maximum absolute atomic E-state index is 10.7. The average Bonchev–Trinajstić information content (AvgIpc) is 1.80. The van der Waals surface area contributed by atoms with Crippen LogP contribution in [0.15, 0.2) is 0 Å². The molecule has 1 aliphatic heterocycles. The first kappa shape index (κ1) is 6.81. The van der Waals surface area contributed by atoms with E-state index < -0.39 is 0 Å². The van der Waals surface area contributed by atoms with Crippen molar-refractivity contribution in [3.8, 4) is 0 Å². The molecule has 1 atom stereocenters. The van der Waals surface area contributed by atoms with Gasteiger partial charge in [0.2, 0.25) is 0 Å². The third-order valence-corrected chi connectivity index (χ3v) is 1.77. The molecular formula is C6H10BNO. The van der Waals surface area contributed by atoms with Gasteiger partial charge in [-0.15, -0.1) is 0 Å². The molecular weight excluding hydrogens is 113 g/mol. The minimum atomic E-state index is 0.260. The SMILES string of the molecule is [B]N1CC(=O)CCC1C. The molecule has 9 heavy (non-hydrogen) atoms. The van der Waals surface area contributed by atoms with Crippen molar-refractivity contribution in [2.45, 2.75) is 25.8 Å². The van der Waals surface area contributed by atoms with Crippen LogP contribution in [0.25, 0.3) is 0 Å². The van der Waals surface area contributed by atoms with E-state index in [4.69, 9.17) is 7.98 Å². The smallest absolute Gasteiger partial charge is 0.183 e. The van der Waals surface area contributed by atoms with E-state index in [0.717, 1.165) is 6.42 Å². The van der Waals surface area contributed by atoms with Crippen LogP contribution in [-0.4, -0.2) is 31.2 Å². The van der Waals surface area contributed by atoms with Crippen molar-refractivity contribution >= 4 is 13.8 Å². The summed E-state index contributed by atoms with van der Waals surface area (Å²) in [6.07, 6.45) is 1.62. The number of piperidine rings is 1. The Balaban J connectivity index is 2.44. The Morgan fingerprint density at radius 2 is 2.44 bits per heavy atom. The highest BCUT2D eigenvalue weighted by molar-refractivity contribution is 6.06. The van der Waals surface area contributed by atoms with Gasteiger partial charge in [0.15, 0.2) is 7.98 Å². The Morgan fingerprint density at radius 3 is 2.89 bits per heavy atom. The van der Waals surface area contributed by atoms with E-state index >= 15 is 0 Å². The minimum Gasteiger partial charge on any atom is -0.345 e. The predicted octanol–water partition coefficient (Wildman–Crippen LogP) is 0.123. The van der Waals surface area contributed by atoms with Crippen LogP contribution in [0.3, 0.4) is 0 Å². The molecule has 0 bridgehead atoms. The Kier molecular flexibility index (Phi) is 1.91. The summed E-state index contributed by atoms with van der Waals surface area (Å²) in [6, 6.07) is 0.377. The normalized spacial score (nSPS) is 30.8. The Morgan fingerprint density at radius 1 is 1.78 bits per heavy atom. The molecule has 48 valence electrons. The molecule has 1 fully saturated rings. The second kappa shape index (κ2) is 2.52. The summed E-state index contributed by atoms with van der Waals surface area (Å²) in [7, 11) is 5.48. The first-order chi connectivity index (χ1) is 4.20. The number of hydrogen-bond acceptors (Lipinski definition) is 2. The fourth-order valence-electron chi connectivity index (χ4n) is 0.974. The maximum Gasteiger partial charge on any atom is 0.183 e. The van der Waals surface area contributed by atoms with E-state index in [1.54, 1.807) is 4.81 Å². The highest BCUT2D eigenvalue weighted by Gasteiger charge is 2.18. The number of ketones is 1. The molecule has 0 aromatic carbocycles. The van der Waals surface area contributed by atoms with Gasteiger partial charge in [0.25, 0.3) is 0 Å². The maximum atomic E-state index is 10.7. The van der Waals surface area contributed by atoms with Crippen LogP contribution in [-0.2, 0) is 4.79 Å². The third kappa shape index (κ3) is 1.55. The molecule has 2 radical (unpaired) electrons. The molecule has 0 aromatic heterocycles. The largest absolute Gasteiger partial charge is 0.345 e. The molecule has 0 amide bonds. The summed E-state index contributed by atoms with van der Waals surface area (Å²) < 4.78 is 0. The van der Waals surface area contributed by atoms with Crippen LogP contribution in [0, 0.1) is 0 Å². The molecule has 2 nitrogen and oxygen atoms in total. The topological polar surface area (TPSA) is 20.3 Å². The van der Waals surface area contributed by atoms with Gasteiger partial charge in [0.05, 0.1) is 0 Å². The van der Waals surface area contributed by atoms with E-state index in [9.17, 15) is 4.79 Å². The Labute approximate surface area is 56.7 Å². The van der Waals surface area contributed by atoms with Gasteiger partial charge in [-0.25, -0.2) is 0 Å². The summed E-state index contributed by atoms with van der Waals surface area (Å²) in [5.41, 5.74) is 0. The van der Waals surface area contributed by atoms with E-state index in [2.05, 4.69) is 0 Å². The molecule has 1 heterocycles. The average molecular weight is 123 g/mol. The number of hydrogen-bond donors (Lipinski definition) is 0. The van der Waals surface area contributed by atoms with Gasteiger partial charge in [-0.2, -0.15) is 0 Å². The van der Waals surface area contributed by atoms with Gasteiger partial charge in [-0.1, -0.05) is 6.92 Å².